The number of nitrogens with one attached hydrogen (secondary N) is 2. The summed E-state index contributed by atoms with van der Waals surface area (Å²) in [6.45, 7) is 8.04. The van der Waals surface area contributed by atoms with Crippen LogP contribution in [-0.2, 0) is 11.3 Å². The molecule has 2 aliphatic heterocycles. The van der Waals surface area contributed by atoms with Crippen molar-refractivity contribution < 1.29 is 19.0 Å². The van der Waals surface area contributed by atoms with Gasteiger partial charge in [-0.3, -0.25) is 14.5 Å². The number of carbonyl (C=O) groups excluding carboxylic acids is 1. The van der Waals surface area contributed by atoms with Crippen LogP contribution in [0.25, 0.3) is 10.1 Å². The molecule has 1 atom stereocenters. The van der Waals surface area contributed by atoms with Gasteiger partial charge in [0.05, 0.1) is 16.4 Å². The van der Waals surface area contributed by atoms with E-state index >= 15 is 0 Å². The number of pyridine rings is 1. The highest BCUT2D eigenvalue weighted by Crippen LogP contribution is 2.53. The van der Waals surface area contributed by atoms with E-state index in [9.17, 15) is 9.59 Å². The fourth-order valence-electron chi connectivity index (χ4n) is 6.52. The summed E-state index contributed by atoms with van der Waals surface area (Å²) < 4.78 is 19.6. The lowest BCUT2D eigenvalue weighted by atomic mass is 9.80. The van der Waals surface area contributed by atoms with Gasteiger partial charge in [0, 0.05) is 72.7 Å². The standard InChI is InChI=1S/C30H37N3O5S2/c1-16-12-23(39-5)22(28(34)32-16)13-31-29(35)24-17(2)25-26(21-10-11-40-27(21)24)38-30(3,37-25)18-6-8-19(9-7-18)33-14-20(15-33)36-4/h10-12,18-20H,6-9,13-15H2,1-5H3,(H,31,35)(H,32,34). The molecular formula is C30H37N3O5S2. The number of amides is 1. The second-order valence-electron chi connectivity index (χ2n) is 11.4. The molecule has 0 spiro atoms. The van der Waals surface area contributed by atoms with Crippen molar-refractivity contribution >= 4 is 39.1 Å². The van der Waals surface area contributed by atoms with E-state index in [1.165, 1.54) is 23.1 Å². The zero-order chi connectivity index (χ0) is 28.2. The Morgan fingerprint density at radius 2 is 1.95 bits per heavy atom. The van der Waals surface area contributed by atoms with Crippen molar-refractivity contribution in [2.24, 2.45) is 5.92 Å². The summed E-state index contributed by atoms with van der Waals surface area (Å²) in [5, 5.41) is 5.90. The molecule has 6 rings (SSSR count). The number of ether oxygens (including phenoxy) is 3. The van der Waals surface area contributed by atoms with Crippen molar-refractivity contribution in [3.05, 3.63) is 50.3 Å². The number of likely N-dealkylation sites (tertiary alicyclic amines) is 1. The summed E-state index contributed by atoms with van der Waals surface area (Å²) in [4.78, 5) is 32.5. The van der Waals surface area contributed by atoms with Crippen LogP contribution in [0.2, 0.25) is 0 Å². The predicted octanol–water partition coefficient (Wildman–Crippen LogP) is 5.24. The summed E-state index contributed by atoms with van der Waals surface area (Å²) in [7, 11) is 1.79. The minimum absolute atomic E-state index is 0.147. The molecule has 1 aromatic carbocycles. The van der Waals surface area contributed by atoms with Gasteiger partial charge in [0.25, 0.3) is 17.3 Å². The number of aromatic nitrogens is 1. The van der Waals surface area contributed by atoms with Crippen LogP contribution in [0.4, 0.5) is 0 Å². The number of aryl methyl sites for hydroxylation is 1. The smallest absolute Gasteiger partial charge is 0.254 e. The number of benzene rings is 1. The van der Waals surface area contributed by atoms with Gasteiger partial charge in [-0.25, -0.2) is 0 Å². The van der Waals surface area contributed by atoms with Crippen molar-refractivity contribution in [1.29, 1.82) is 0 Å². The Bertz CT molecular complexity index is 1500. The number of thioether (sulfide) groups is 1. The molecule has 1 unspecified atom stereocenters. The van der Waals surface area contributed by atoms with Crippen LogP contribution >= 0.6 is 23.1 Å². The minimum atomic E-state index is -0.769. The van der Waals surface area contributed by atoms with Gasteiger partial charge in [-0.2, -0.15) is 0 Å². The number of thiophene rings is 1. The first-order valence-corrected chi connectivity index (χ1v) is 16.1. The summed E-state index contributed by atoms with van der Waals surface area (Å²) in [5.74, 6) is 0.666. The van der Waals surface area contributed by atoms with Crippen molar-refractivity contribution in [2.75, 3.05) is 26.5 Å². The zero-order valence-electron chi connectivity index (χ0n) is 23.7. The van der Waals surface area contributed by atoms with Gasteiger partial charge in [0.1, 0.15) is 0 Å². The van der Waals surface area contributed by atoms with Gasteiger partial charge in [-0.05, 0) is 63.3 Å². The lowest BCUT2D eigenvalue weighted by Crippen LogP contribution is -2.57. The monoisotopic (exact) mass is 583 g/mol. The molecular weight excluding hydrogens is 546 g/mol. The lowest BCUT2D eigenvalue weighted by Gasteiger charge is -2.47. The fraction of sp³-hybridized carbons (Fsp3) is 0.533. The molecule has 1 amide bonds. The Labute approximate surface area is 242 Å². The van der Waals surface area contributed by atoms with Gasteiger partial charge in [-0.15, -0.1) is 23.1 Å². The van der Waals surface area contributed by atoms with E-state index in [-0.39, 0.29) is 23.9 Å². The number of rotatable bonds is 7. The minimum Gasteiger partial charge on any atom is -0.448 e. The Hall–Kier alpha value is -2.53. The van der Waals surface area contributed by atoms with Crippen LogP contribution < -0.4 is 20.3 Å². The maximum absolute atomic E-state index is 13.6. The number of carbonyl (C=O) groups is 1. The lowest BCUT2D eigenvalue weighted by molar-refractivity contribution is -0.129. The average molecular weight is 584 g/mol. The van der Waals surface area contributed by atoms with Crippen molar-refractivity contribution in [3.63, 3.8) is 0 Å². The molecule has 2 fully saturated rings. The third-order valence-corrected chi connectivity index (χ3v) is 10.7. The first-order valence-electron chi connectivity index (χ1n) is 14.0. The number of aromatic amines is 1. The maximum Gasteiger partial charge on any atom is 0.254 e. The summed E-state index contributed by atoms with van der Waals surface area (Å²) >= 11 is 3.02. The number of nitrogens with zero attached hydrogens (tertiary/aromatic N) is 1. The molecule has 8 nitrogen and oxygen atoms in total. The van der Waals surface area contributed by atoms with E-state index in [0.717, 1.165) is 70.8 Å². The number of methoxy groups -OCH3 is 1. The molecule has 10 heteroatoms. The molecule has 40 heavy (non-hydrogen) atoms. The highest BCUT2D eigenvalue weighted by atomic mass is 32.2. The number of hydrogen-bond donors (Lipinski definition) is 2. The SMILES string of the molecule is COC1CN(C2CCC(C3(C)Oc4c(C)c(C(=O)NCc5c(SC)cc(C)[nH]c5=O)c5sccc5c4O3)CC2)C1. The van der Waals surface area contributed by atoms with E-state index in [4.69, 9.17) is 14.2 Å². The van der Waals surface area contributed by atoms with E-state index in [1.54, 1.807) is 7.11 Å². The van der Waals surface area contributed by atoms with Crippen LogP contribution in [0.15, 0.2) is 27.2 Å². The van der Waals surface area contributed by atoms with Gasteiger partial charge in [-0.1, -0.05) is 0 Å². The number of fused-ring (bicyclic) bond motifs is 3. The summed E-state index contributed by atoms with van der Waals surface area (Å²) in [6, 6.07) is 4.54. The largest absolute Gasteiger partial charge is 0.448 e. The van der Waals surface area contributed by atoms with Gasteiger partial charge < -0.3 is 24.5 Å². The van der Waals surface area contributed by atoms with Crippen LogP contribution in [-0.4, -0.2) is 60.2 Å². The highest BCUT2D eigenvalue weighted by Gasteiger charge is 2.48. The topological polar surface area (TPSA) is 92.9 Å². The van der Waals surface area contributed by atoms with Gasteiger partial charge in [0.15, 0.2) is 11.5 Å². The molecule has 0 radical (unpaired) electrons. The predicted molar refractivity (Wildman–Crippen MR) is 159 cm³/mol. The number of hydrogen-bond acceptors (Lipinski definition) is 8. The van der Waals surface area contributed by atoms with Gasteiger partial charge >= 0.3 is 0 Å². The van der Waals surface area contributed by atoms with E-state index < -0.39 is 5.79 Å². The van der Waals surface area contributed by atoms with Crippen LogP contribution in [0, 0.1) is 19.8 Å². The first kappa shape index (κ1) is 27.6. The van der Waals surface area contributed by atoms with Gasteiger partial charge in [0.2, 0.25) is 0 Å². The summed E-state index contributed by atoms with van der Waals surface area (Å²) in [5.41, 5.74) is 2.54. The molecule has 2 N–H and O–H groups in total. The molecule has 2 aromatic heterocycles. The molecule has 3 aromatic rings. The van der Waals surface area contributed by atoms with Crippen molar-refractivity contribution in [3.8, 4) is 11.5 Å². The molecule has 3 aliphatic rings. The highest BCUT2D eigenvalue weighted by molar-refractivity contribution is 7.98. The normalized spacial score (nSPS) is 24.8. The zero-order valence-corrected chi connectivity index (χ0v) is 25.4. The van der Waals surface area contributed by atoms with E-state index in [0.29, 0.717) is 29.0 Å². The molecule has 0 bridgehead atoms. The Morgan fingerprint density at radius 3 is 2.65 bits per heavy atom. The van der Waals surface area contributed by atoms with Crippen molar-refractivity contribution in [1.82, 2.24) is 15.2 Å². The second-order valence-corrected chi connectivity index (χ2v) is 13.1. The fourth-order valence-corrected chi connectivity index (χ4v) is 8.22. The third-order valence-electron chi connectivity index (χ3n) is 8.93. The summed E-state index contributed by atoms with van der Waals surface area (Å²) in [6.07, 6.45) is 6.62. The van der Waals surface area contributed by atoms with Crippen molar-refractivity contribution in [2.45, 2.75) is 75.8 Å². The molecule has 1 aliphatic carbocycles. The molecule has 4 heterocycles. The van der Waals surface area contributed by atoms with E-state index in [2.05, 4.69) is 15.2 Å². The third kappa shape index (κ3) is 4.72. The van der Waals surface area contributed by atoms with Crippen LogP contribution in [0.5, 0.6) is 11.5 Å². The Morgan fingerprint density at radius 1 is 1.23 bits per heavy atom. The molecule has 1 saturated heterocycles. The second kappa shape index (κ2) is 10.7. The molecule has 214 valence electrons. The Kier molecular flexibility index (Phi) is 7.39. The molecule has 1 saturated carbocycles. The number of H-pyrrole nitrogens is 1. The Balaban J connectivity index is 1.21. The quantitative estimate of drug-likeness (QED) is 0.368. The first-order chi connectivity index (χ1) is 19.2. The van der Waals surface area contributed by atoms with Crippen LogP contribution in [0.3, 0.4) is 0 Å². The van der Waals surface area contributed by atoms with Crippen LogP contribution in [0.1, 0.15) is 59.8 Å². The maximum atomic E-state index is 13.6. The van der Waals surface area contributed by atoms with E-state index in [1.807, 2.05) is 44.5 Å². The average Bonchev–Trinajstić information content (AvgIpc) is 3.53.